The molecule has 1 aromatic carbocycles. The minimum Gasteiger partial charge on any atom is -0.353 e. The van der Waals surface area contributed by atoms with Crippen LogP contribution in [0, 0.1) is 16.4 Å². The highest BCUT2D eigenvalue weighted by Gasteiger charge is 2.32. The van der Waals surface area contributed by atoms with Crippen molar-refractivity contribution in [3.05, 3.63) is 58.1 Å². The summed E-state index contributed by atoms with van der Waals surface area (Å²) in [5, 5.41) is 16.4. The van der Waals surface area contributed by atoms with Gasteiger partial charge in [0, 0.05) is 52.4 Å². The van der Waals surface area contributed by atoms with Crippen molar-refractivity contribution in [2.75, 3.05) is 56.4 Å². The summed E-state index contributed by atoms with van der Waals surface area (Å²) in [4.78, 5) is 18.8. The van der Waals surface area contributed by atoms with Crippen molar-refractivity contribution in [2.24, 2.45) is 5.92 Å². The molecule has 1 aliphatic rings. The second-order valence-corrected chi connectivity index (χ2v) is 17.3. The number of pyridine rings is 1. The van der Waals surface area contributed by atoms with Crippen LogP contribution in [0.5, 0.6) is 0 Å². The van der Waals surface area contributed by atoms with Crippen molar-refractivity contribution >= 4 is 57.2 Å². The summed E-state index contributed by atoms with van der Waals surface area (Å²) in [6.07, 6.45) is 7.17. The Hall–Kier alpha value is -2.61. The second-order valence-electron chi connectivity index (χ2n) is 12.5. The molecule has 1 unspecified atom stereocenters. The van der Waals surface area contributed by atoms with Gasteiger partial charge in [-0.3, -0.25) is 9.89 Å². The molecular formula is C32H47ClFN7O2S2. The lowest BCUT2D eigenvalue weighted by atomic mass is 9.91. The summed E-state index contributed by atoms with van der Waals surface area (Å²) in [6, 6.07) is 9.76. The van der Waals surface area contributed by atoms with Crippen LogP contribution in [-0.2, 0) is 8.98 Å². The fourth-order valence-corrected chi connectivity index (χ4v) is 5.68. The first-order valence-corrected chi connectivity index (χ1v) is 18.1. The van der Waals surface area contributed by atoms with Gasteiger partial charge in [-0.1, -0.05) is 58.4 Å². The van der Waals surface area contributed by atoms with Gasteiger partial charge in [-0.15, -0.1) is 10.3 Å². The fraction of sp³-hybridized carbons (Fsp3) is 0.500. The molecule has 2 aromatic heterocycles. The Bertz CT molecular complexity index is 1490. The maximum Gasteiger partial charge on any atom is 0.239 e. The fourth-order valence-electron chi connectivity index (χ4n) is 4.42. The van der Waals surface area contributed by atoms with E-state index in [4.69, 9.17) is 28.0 Å². The molecule has 2 atom stereocenters. The predicted molar refractivity (Wildman–Crippen MR) is 190 cm³/mol. The molecular weight excluding hydrogens is 633 g/mol. The van der Waals surface area contributed by atoms with E-state index >= 15 is 0 Å². The lowest BCUT2D eigenvalue weighted by Crippen LogP contribution is -2.57. The summed E-state index contributed by atoms with van der Waals surface area (Å²) in [5.74, 6) is 0.394. The Kier molecular flexibility index (Phi) is 13.3. The van der Waals surface area contributed by atoms with Crippen molar-refractivity contribution in [3.63, 3.8) is 0 Å². The van der Waals surface area contributed by atoms with Crippen LogP contribution in [0.25, 0.3) is 11.3 Å². The molecule has 4 rings (SSSR count). The lowest BCUT2D eigenvalue weighted by Gasteiger charge is -2.44. The number of benzene rings is 1. The van der Waals surface area contributed by atoms with Crippen LogP contribution < -0.4 is 16.0 Å². The molecule has 0 bridgehead atoms. The molecule has 0 spiro atoms. The molecule has 1 fully saturated rings. The largest absolute Gasteiger partial charge is 0.353 e. The highest BCUT2D eigenvalue weighted by Crippen LogP contribution is 2.53. The van der Waals surface area contributed by atoms with E-state index in [1.807, 2.05) is 0 Å². The quantitative estimate of drug-likeness (QED) is 0.155. The van der Waals surface area contributed by atoms with Gasteiger partial charge in [-0.05, 0) is 62.2 Å². The van der Waals surface area contributed by atoms with E-state index in [0.29, 0.717) is 49.3 Å². The van der Waals surface area contributed by atoms with Crippen molar-refractivity contribution in [1.29, 1.82) is 0 Å². The molecule has 248 valence electrons. The number of carbonyl (C=O) groups is 1. The van der Waals surface area contributed by atoms with Crippen LogP contribution in [0.2, 0.25) is 5.02 Å². The third-order valence-electron chi connectivity index (χ3n) is 7.81. The van der Waals surface area contributed by atoms with E-state index in [1.165, 1.54) is 18.2 Å². The Morgan fingerprint density at radius 3 is 2.62 bits per heavy atom. The number of halogens is 2. The van der Waals surface area contributed by atoms with Crippen LogP contribution >= 0.6 is 34.1 Å². The topological polar surface area (TPSA) is 107 Å². The minimum absolute atomic E-state index is 0.181. The van der Waals surface area contributed by atoms with Gasteiger partial charge in [0.2, 0.25) is 5.91 Å². The number of carbonyl (C=O) groups excluding carboxylic acids is 1. The van der Waals surface area contributed by atoms with Crippen molar-refractivity contribution in [3.8, 4) is 11.3 Å². The molecule has 45 heavy (non-hydrogen) atoms. The number of hydrogen-bond donors (Lipinski definition) is 4. The molecule has 3 aromatic rings. The smallest absolute Gasteiger partial charge is 0.239 e. The van der Waals surface area contributed by atoms with E-state index in [-0.39, 0.29) is 18.0 Å². The summed E-state index contributed by atoms with van der Waals surface area (Å²) in [7, 11) is 1.22. The predicted octanol–water partition coefficient (Wildman–Crippen LogP) is 7.41. The number of aromatic amines is 1. The van der Waals surface area contributed by atoms with Crippen LogP contribution in [0.3, 0.4) is 0 Å². The van der Waals surface area contributed by atoms with E-state index < -0.39 is 16.1 Å². The number of likely N-dealkylation sites (tertiary alicyclic amines) is 1. The first kappa shape index (κ1) is 36.9. The van der Waals surface area contributed by atoms with Gasteiger partial charge in [0.05, 0.1) is 24.5 Å². The van der Waals surface area contributed by atoms with Crippen LogP contribution in [0.1, 0.15) is 41.0 Å². The lowest BCUT2D eigenvalue weighted by molar-refractivity contribution is -0.115. The summed E-state index contributed by atoms with van der Waals surface area (Å²) >= 11 is 11.3. The molecule has 1 aliphatic heterocycles. The number of amides is 1. The number of nitrogens with one attached hydrogen (secondary N) is 4. The van der Waals surface area contributed by atoms with Gasteiger partial charge in [0.15, 0.2) is 0 Å². The van der Waals surface area contributed by atoms with Gasteiger partial charge in [-0.25, -0.2) is 9.37 Å². The van der Waals surface area contributed by atoms with E-state index in [1.54, 1.807) is 24.4 Å². The number of rotatable bonds is 11. The average molecular weight is 680 g/mol. The van der Waals surface area contributed by atoms with Crippen molar-refractivity contribution in [1.82, 2.24) is 25.4 Å². The third-order valence-corrected chi connectivity index (χ3v) is 12.1. The summed E-state index contributed by atoms with van der Waals surface area (Å²) < 4.78 is 20.7. The van der Waals surface area contributed by atoms with Crippen LogP contribution in [0.4, 0.5) is 21.6 Å². The third kappa shape index (κ3) is 10.7. The zero-order valence-corrected chi connectivity index (χ0v) is 29.9. The number of anilines is 3. The number of hydrogen-bond acceptors (Lipinski definition) is 8. The van der Waals surface area contributed by atoms with E-state index in [2.05, 4.69) is 90.2 Å². The van der Waals surface area contributed by atoms with Crippen molar-refractivity contribution < 1.29 is 13.4 Å². The highest BCUT2D eigenvalue weighted by molar-refractivity contribution is 8.29. The monoisotopic (exact) mass is 679 g/mol. The molecule has 1 amide bonds. The van der Waals surface area contributed by atoms with Gasteiger partial charge < -0.3 is 25.0 Å². The molecule has 3 heterocycles. The zero-order chi connectivity index (χ0) is 33.4. The van der Waals surface area contributed by atoms with Crippen LogP contribution in [0.15, 0.2) is 42.6 Å². The molecule has 4 N–H and O–H groups in total. The first-order valence-electron chi connectivity index (χ1n) is 15.0. The molecule has 13 heteroatoms. The molecule has 1 saturated heterocycles. The maximum absolute atomic E-state index is 14.3. The van der Waals surface area contributed by atoms with E-state index in [0.717, 1.165) is 26.1 Å². The highest BCUT2D eigenvalue weighted by atomic mass is 35.5. The number of nitrogens with zero attached hydrogens (tertiary/aromatic N) is 3. The van der Waals surface area contributed by atoms with Gasteiger partial charge >= 0.3 is 0 Å². The van der Waals surface area contributed by atoms with Gasteiger partial charge in [0.1, 0.15) is 16.3 Å². The molecule has 0 aliphatic carbocycles. The Morgan fingerprint density at radius 1 is 1.24 bits per heavy atom. The summed E-state index contributed by atoms with van der Waals surface area (Å²) in [5.41, 5.74) is 1.75. The summed E-state index contributed by atoms with van der Waals surface area (Å²) in [6.45, 7) is 14.0. The molecule has 0 saturated carbocycles. The number of likely N-dealkylation sites (N-methyl/N-ethyl adjacent to an activating group) is 1. The normalized spacial score (nSPS) is 17.1. The van der Waals surface area contributed by atoms with Gasteiger partial charge in [-0.2, -0.15) is 5.10 Å². The standard InChI is InChI=1S/C23H25ClFN7OS.C9H22OS/c1-13-12-32(2)20(13)10-26-11-22(33)29-21-8-15(5-6-27-21)28-19-9-18(30-31-23(19)34)16-7-14(24)3-4-17(16)25;1-7-8-10-11(5,6)9(2,3)4/h3-9,13,20,26H,10-12H2,1-2H3,(H,31,34)(H2,27,28,29,30,33);7-8H2,1-6H3/t13-,20?;/m0./s1. The number of H-pyrrole nitrogens is 1. The second kappa shape index (κ2) is 16.3. The Morgan fingerprint density at radius 2 is 1.98 bits per heavy atom. The molecule has 0 radical (unpaired) electrons. The minimum atomic E-state index is -0.860. The molecule has 9 nitrogen and oxygen atoms in total. The Balaban J connectivity index is 0.000000430. The SMILES string of the molecule is CCCOS(C)(C)C(C)(C)C.C[C@H]1CN(C)C1CNCC(=O)Nc1cc(Nc2cc(-c3cc(Cl)ccc3F)n[nH]c2=S)ccn1. The van der Waals surface area contributed by atoms with E-state index in [9.17, 15) is 9.18 Å². The van der Waals surface area contributed by atoms with Crippen LogP contribution in [-0.4, -0.2) is 82.6 Å². The van der Waals surface area contributed by atoms with Crippen molar-refractivity contribution in [2.45, 2.75) is 51.8 Å². The number of aromatic nitrogens is 3. The maximum atomic E-state index is 14.3. The first-order chi connectivity index (χ1) is 21.1. The average Bonchev–Trinajstić information content (AvgIpc) is 2.96. The zero-order valence-electron chi connectivity index (χ0n) is 27.5. The van der Waals surface area contributed by atoms with Gasteiger partial charge in [0.25, 0.3) is 0 Å². The Labute approximate surface area is 278 Å².